The van der Waals surface area contributed by atoms with Crippen molar-refractivity contribution in [1.82, 2.24) is 9.66 Å². The summed E-state index contributed by atoms with van der Waals surface area (Å²) in [4.78, 5) is 3.96. The SMILES string of the molecule is NC1Nc2nccn2N1. The first-order chi connectivity index (χ1) is 4.36. The molecule has 0 aromatic carbocycles. The van der Waals surface area contributed by atoms with Crippen molar-refractivity contribution in [3.63, 3.8) is 0 Å². The van der Waals surface area contributed by atoms with Crippen molar-refractivity contribution in [2.75, 3.05) is 10.7 Å². The van der Waals surface area contributed by atoms with Crippen LogP contribution in [-0.4, -0.2) is 15.9 Å². The van der Waals surface area contributed by atoms with Crippen LogP contribution in [-0.2, 0) is 0 Å². The number of rotatable bonds is 0. The number of hydrogen-bond acceptors (Lipinski definition) is 4. The van der Waals surface area contributed by atoms with Crippen LogP contribution in [0.15, 0.2) is 12.4 Å². The molecule has 2 rings (SSSR count). The van der Waals surface area contributed by atoms with Gasteiger partial charge in [0.25, 0.3) is 0 Å². The van der Waals surface area contributed by atoms with Crippen LogP contribution in [0.1, 0.15) is 0 Å². The molecular formula is C4H7N5. The van der Waals surface area contributed by atoms with Crippen LogP contribution in [0.5, 0.6) is 0 Å². The summed E-state index contributed by atoms with van der Waals surface area (Å²) < 4.78 is 1.74. The maximum atomic E-state index is 5.45. The lowest BCUT2D eigenvalue weighted by atomic mass is 10.9. The first-order valence-electron chi connectivity index (χ1n) is 2.68. The van der Waals surface area contributed by atoms with Crippen LogP contribution >= 0.6 is 0 Å². The minimum absolute atomic E-state index is 0.200. The van der Waals surface area contributed by atoms with Gasteiger partial charge in [0, 0.05) is 12.4 Å². The maximum Gasteiger partial charge on any atom is 0.224 e. The molecule has 0 saturated carbocycles. The Morgan fingerprint density at radius 3 is 3.44 bits per heavy atom. The molecular weight excluding hydrogens is 118 g/mol. The molecule has 5 heteroatoms. The number of hydrogen-bond donors (Lipinski definition) is 3. The Balaban J connectivity index is 2.39. The fraction of sp³-hybridized carbons (Fsp3) is 0.250. The highest BCUT2D eigenvalue weighted by Gasteiger charge is 2.13. The number of nitrogens with two attached hydrogens (primary N) is 1. The summed E-state index contributed by atoms with van der Waals surface area (Å²) in [6, 6.07) is 0. The van der Waals surface area contributed by atoms with E-state index in [0.29, 0.717) is 0 Å². The molecule has 1 aromatic heterocycles. The van der Waals surface area contributed by atoms with Gasteiger partial charge in [-0.2, -0.15) is 0 Å². The van der Waals surface area contributed by atoms with E-state index in [1.165, 1.54) is 0 Å². The van der Waals surface area contributed by atoms with Gasteiger partial charge in [-0.25, -0.2) is 9.66 Å². The Morgan fingerprint density at radius 1 is 1.78 bits per heavy atom. The lowest BCUT2D eigenvalue weighted by Crippen LogP contribution is -2.34. The van der Waals surface area contributed by atoms with E-state index in [1.807, 2.05) is 0 Å². The zero-order valence-corrected chi connectivity index (χ0v) is 4.70. The molecule has 1 aliphatic rings. The molecule has 9 heavy (non-hydrogen) atoms. The van der Waals surface area contributed by atoms with E-state index in [0.717, 1.165) is 5.95 Å². The monoisotopic (exact) mass is 125 g/mol. The van der Waals surface area contributed by atoms with Crippen molar-refractivity contribution in [2.24, 2.45) is 5.73 Å². The zero-order valence-electron chi connectivity index (χ0n) is 4.70. The van der Waals surface area contributed by atoms with Gasteiger partial charge in [0.15, 0.2) is 6.29 Å². The lowest BCUT2D eigenvalue weighted by molar-refractivity contribution is 0.806. The van der Waals surface area contributed by atoms with Crippen molar-refractivity contribution in [3.8, 4) is 0 Å². The van der Waals surface area contributed by atoms with E-state index in [2.05, 4.69) is 15.7 Å². The summed E-state index contributed by atoms with van der Waals surface area (Å²) in [5, 5.41) is 2.90. The highest BCUT2D eigenvalue weighted by Crippen LogP contribution is 2.06. The van der Waals surface area contributed by atoms with Gasteiger partial charge < -0.3 is 5.32 Å². The second kappa shape index (κ2) is 1.38. The van der Waals surface area contributed by atoms with Gasteiger partial charge in [0.2, 0.25) is 5.95 Å². The van der Waals surface area contributed by atoms with Crippen molar-refractivity contribution < 1.29 is 0 Å². The third kappa shape index (κ3) is 0.548. The number of aromatic nitrogens is 2. The molecule has 1 aromatic rings. The molecule has 0 aliphatic carbocycles. The maximum absolute atomic E-state index is 5.45. The van der Waals surface area contributed by atoms with Gasteiger partial charge in [-0.15, -0.1) is 0 Å². The molecule has 0 amide bonds. The van der Waals surface area contributed by atoms with Crippen molar-refractivity contribution in [2.45, 2.75) is 6.29 Å². The van der Waals surface area contributed by atoms with E-state index in [-0.39, 0.29) is 6.29 Å². The van der Waals surface area contributed by atoms with Gasteiger partial charge in [-0.3, -0.25) is 11.2 Å². The topological polar surface area (TPSA) is 67.9 Å². The smallest absolute Gasteiger partial charge is 0.224 e. The molecule has 2 heterocycles. The van der Waals surface area contributed by atoms with Crippen LogP contribution < -0.4 is 16.5 Å². The number of nitrogens with zero attached hydrogens (tertiary/aromatic N) is 2. The fourth-order valence-corrected chi connectivity index (χ4v) is 0.836. The van der Waals surface area contributed by atoms with Gasteiger partial charge >= 0.3 is 0 Å². The fourth-order valence-electron chi connectivity index (χ4n) is 0.836. The predicted molar refractivity (Wildman–Crippen MR) is 33.2 cm³/mol. The molecule has 1 unspecified atom stereocenters. The summed E-state index contributed by atoms with van der Waals surface area (Å²) >= 11 is 0. The molecule has 0 saturated heterocycles. The highest BCUT2D eigenvalue weighted by molar-refractivity contribution is 5.34. The van der Waals surface area contributed by atoms with Crippen LogP contribution in [0.2, 0.25) is 0 Å². The standard InChI is InChI=1S/C4H7N5/c5-3-7-4-6-1-2-9(4)8-3/h1-3,8H,5H2,(H,6,7). The van der Waals surface area contributed by atoms with Gasteiger partial charge in [0.1, 0.15) is 0 Å². The van der Waals surface area contributed by atoms with Crippen LogP contribution in [0, 0.1) is 0 Å². The Morgan fingerprint density at radius 2 is 2.67 bits per heavy atom. The molecule has 0 spiro atoms. The molecule has 48 valence electrons. The average molecular weight is 125 g/mol. The van der Waals surface area contributed by atoms with Crippen LogP contribution in [0.25, 0.3) is 0 Å². The quantitative estimate of drug-likeness (QED) is 0.420. The van der Waals surface area contributed by atoms with Crippen molar-refractivity contribution in [1.29, 1.82) is 0 Å². The molecule has 5 nitrogen and oxygen atoms in total. The predicted octanol–water partition coefficient (Wildman–Crippen LogP) is -0.906. The normalized spacial score (nSPS) is 22.6. The average Bonchev–Trinajstić information content (AvgIpc) is 2.22. The largest absolute Gasteiger partial charge is 0.321 e. The Hall–Kier alpha value is -1.23. The molecule has 1 atom stereocenters. The van der Waals surface area contributed by atoms with E-state index < -0.39 is 0 Å². The summed E-state index contributed by atoms with van der Waals surface area (Å²) in [5.74, 6) is 0.766. The third-order valence-corrected chi connectivity index (χ3v) is 1.20. The van der Waals surface area contributed by atoms with Gasteiger partial charge in [-0.05, 0) is 0 Å². The molecule has 4 N–H and O–H groups in total. The molecule has 0 radical (unpaired) electrons. The summed E-state index contributed by atoms with van der Waals surface area (Å²) in [6.07, 6.45) is 3.30. The number of anilines is 1. The molecule has 1 aliphatic heterocycles. The molecule has 0 fully saturated rings. The summed E-state index contributed by atoms with van der Waals surface area (Å²) in [5.41, 5.74) is 8.34. The van der Waals surface area contributed by atoms with Crippen LogP contribution in [0.4, 0.5) is 5.95 Å². The third-order valence-electron chi connectivity index (χ3n) is 1.20. The van der Waals surface area contributed by atoms with Crippen molar-refractivity contribution >= 4 is 5.95 Å². The second-order valence-electron chi connectivity index (χ2n) is 1.87. The Bertz CT molecular complexity index is 196. The highest BCUT2D eigenvalue weighted by atomic mass is 15.6. The lowest BCUT2D eigenvalue weighted by Gasteiger charge is -2.01. The first-order valence-corrected chi connectivity index (χ1v) is 2.68. The molecule has 0 bridgehead atoms. The van der Waals surface area contributed by atoms with Crippen molar-refractivity contribution in [3.05, 3.63) is 12.4 Å². The van der Waals surface area contributed by atoms with E-state index in [1.54, 1.807) is 17.1 Å². The summed E-state index contributed by atoms with van der Waals surface area (Å²) in [7, 11) is 0. The minimum atomic E-state index is -0.200. The van der Waals surface area contributed by atoms with Gasteiger partial charge in [-0.1, -0.05) is 0 Å². The Kier molecular flexibility index (Phi) is 0.711. The second-order valence-corrected chi connectivity index (χ2v) is 1.87. The number of fused-ring (bicyclic) bond motifs is 1. The number of imidazole rings is 1. The van der Waals surface area contributed by atoms with E-state index >= 15 is 0 Å². The van der Waals surface area contributed by atoms with E-state index in [4.69, 9.17) is 5.73 Å². The Labute approximate surface area is 51.8 Å². The minimum Gasteiger partial charge on any atom is -0.321 e. The summed E-state index contributed by atoms with van der Waals surface area (Å²) in [6.45, 7) is 0. The van der Waals surface area contributed by atoms with E-state index in [9.17, 15) is 0 Å². The van der Waals surface area contributed by atoms with Gasteiger partial charge in [0.05, 0.1) is 0 Å². The van der Waals surface area contributed by atoms with Crippen LogP contribution in [0.3, 0.4) is 0 Å². The number of nitrogens with one attached hydrogen (secondary N) is 2. The first kappa shape index (κ1) is 4.63. The zero-order chi connectivity index (χ0) is 6.27.